The number of rotatable bonds is 3. The first kappa shape index (κ1) is 10.7. The van der Waals surface area contributed by atoms with Gasteiger partial charge < -0.3 is 5.11 Å². The van der Waals surface area contributed by atoms with Gasteiger partial charge in [-0.25, -0.2) is 4.79 Å². The van der Waals surface area contributed by atoms with Crippen molar-refractivity contribution in [1.82, 2.24) is 4.90 Å². The maximum atomic E-state index is 11.6. The van der Waals surface area contributed by atoms with E-state index in [1.807, 2.05) is 0 Å². The van der Waals surface area contributed by atoms with Gasteiger partial charge >= 0.3 is 5.97 Å². The molecule has 0 aromatic rings. The van der Waals surface area contributed by atoms with Gasteiger partial charge in [0.05, 0.1) is 22.6 Å². The van der Waals surface area contributed by atoms with Crippen molar-refractivity contribution in [3.05, 3.63) is 9.93 Å². The lowest BCUT2D eigenvalue weighted by Gasteiger charge is -2.33. The molecule has 0 aromatic heterocycles. The largest absolute Gasteiger partial charge is 0.477 e. The van der Waals surface area contributed by atoms with E-state index in [4.69, 9.17) is 5.11 Å². The van der Waals surface area contributed by atoms with Crippen LogP contribution in [0.1, 0.15) is 13.3 Å². The molecule has 0 radical (unpaired) electrons. The Morgan fingerprint density at radius 1 is 1.73 bits per heavy atom. The second-order valence-corrected chi connectivity index (χ2v) is 6.24. The van der Waals surface area contributed by atoms with Crippen LogP contribution < -0.4 is 0 Å². The van der Waals surface area contributed by atoms with E-state index >= 15 is 0 Å². The van der Waals surface area contributed by atoms with E-state index < -0.39 is 16.8 Å². The van der Waals surface area contributed by atoms with Gasteiger partial charge in [0.15, 0.2) is 5.70 Å². The molecule has 0 bridgehead atoms. The molecule has 5 nitrogen and oxygen atoms in total. The van der Waals surface area contributed by atoms with Crippen molar-refractivity contribution < 1.29 is 18.9 Å². The van der Waals surface area contributed by atoms with Crippen molar-refractivity contribution in [3.8, 4) is 0 Å². The molecule has 1 N–H and O–H groups in total. The normalized spacial score (nSPS) is 26.3. The number of hydrogen-bond donors (Lipinski definition) is 1. The summed E-state index contributed by atoms with van der Waals surface area (Å²) in [6.45, 7) is 1.72. The number of hydrogen-bond acceptors (Lipinski definition) is 4. The smallest absolute Gasteiger partial charge is 0.354 e. The number of carboxylic acids is 1. The minimum absolute atomic E-state index is 0.0820. The molecular formula is C8H9NO4S2. The number of carbonyl (C=O) groups is 2. The topological polar surface area (TPSA) is 74.7 Å². The Labute approximate surface area is 93.0 Å². The Balaban J connectivity index is 2.39. The highest BCUT2D eigenvalue weighted by atomic mass is 32.2. The van der Waals surface area contributed by atoms with Gasteiger partial charge in [-0.05, 0) is 0 Å². The van der Waals surface area contributed by atoms with E-state index in [0.29, 0.717) is 16.4 Å². The zero-order valence-electron chi connectivity index (χ0n) is 7.93. The number of β-lactam (4-membered cyclic amide) rings is 1. The zero-order valence-corrected chi connectivity index (χ0v) is 9.56. The van der Waals surface area contributed by atoms with Gasteiger partial charge in [-0.1, -0.05) is 18.7 Å². The van der Waals surface area contributed by atoms with Crippen LogP contribution >= 0.6 is 11.8 Å². The van der Waals surface area contributed by atoms with E-state index in [0.717, 1.165) is 0 Å². The molecule has 0 spiro atoms. The molecule has 1 fully saturated rings. The molecule has 1 amide bonds. The van der Waals surface area contributed by atoms with Crippen molar-refractivity contribution in [1.29, 1.82) is 0 Å². The third-order valence-corrected chi connectivity index (χ3v) is 5.29. The predicted octanol–water partition coefficient (Wildman–Crippen LogP) is 0.314. The highest BCUT2D eigenvalue weighted by molar-refractivity contribution is 8.17. The van der Waals surface area contributed by atoms with Crippen LogP contribution in [0.25, 0.3) is 0 Å². The minimum atomic E-state index is -1.30. The fourth-order valence-corrected chi connectivity index (χ4v) is 4.39. The molecule has 15 heavy (non-hydrogen) atoms. The molecule has 2 atom stereocenters. The molecular weight excluding hydrogens is 238 g/mol. The van der Waals surface area contributed by atoms with Crippen LogP contribution in [0.15, 0.2) is 9.93 Å². The van der Waals surface area contributed by atoms with Crippen LogP contribution in [0.2, 0.25) is 0 Å². The highest BCUT2D eigenvalue weighted by Crippen LogP contribution is 2.47. The van der Waals surface area contributed by atoms with Crippen LogP contribution in [0.3, 0.4) is 0 Å². The Bertz CT molecular complexity index is 403. The first-order chi connectivity index (χ1) is 7.06. The van der Waals surface area contributed by atoms with Gasteiger partial charge in [0.25, 0.3) is 0 Å². The Kier molecular flexibility index (Phi) is 2.59. The lowest BCUT2D eigenvalue weighted by atomic mass is 10.2. The number of amides is 1. The fourth-order valence-electron chi connectivity index (χ4n) is 1.51. The van der Waals surface area contributed by atoms with Crippen LogP contribution in [0.4, 0.5) is 0 Å². The van der Waals surface area contributed by atoms with Crippen molar-refractivity contribution in [3.63, 3.8) is 0 Å². The lowest BCUT2D eigenvalue weighted by molar-refractivity contribution is -0.145. The summed E-state index contributed by atoms with van der Waals surface area (Å²) in [7, 11) is -1.30. The second kappa shape index (κ2) is 3.64. The molecule has 1 unspecified atom stereocenters. The summed E-state index contributed by atoms with van der Waals surface area (Å²) in [6.07, 6.45) is 0.339. The van der Waals surface area contributed by atoms with Crippen molar-refractivity contribution in [2.75, 3.05) is 5.75 Å². The van der Waals surface area contributed by atoms with Gasteiger partial charge in [-0.2, -0.15) is 0 Å². The molecule has 2 heterocycles. The lowest BCUT2D eigenvalue weighted by Crippen LogP contribution is -2.48. The predicted molar refractivity (Wildman–Crippen MR) is 56.2 cm³/mol. The van der Waals surface area contributed by atoms with E-state index in [2.05, 4.69) is 0 Å². The molecule has 0 saturated carbocycles. The Morgan fingerprint density at radius 2 is 2.40 bits per heavy atom. The van der Waals surface area contributed by atoms with Crippen molar-refractivity contribution in [2.45, 2.75) is 18.7 Å². The average Bonchev–Trinajstić information content (AvgIpc) is 2.50. The molecule has 82 valence electrons. The number of carbonyl (C=O) groups excluding carboxylic acids is 1. The monoisotopic (exact) mass is 247 g/mol. The van der Waals surface area contributed by atoms with Crippen LogP contribution in [0, 0.1) is 0 Å². The minimum Gasteiger partial charge on any atom is -0.477 e. The van der Waals surface area contributed by atoms with Crippen LogP contribution in [-0.2, 0) is 20.4 Å². The number of fused-ring (bicyclic) bond motifs is 1. The van der Waals surface area contributed by atoms with Gasteiger partial charge in [-0.3, -0.25) is 13.9 Å². The average molecular weight is 247 g/mol. The fraction of sp³-hybridized carbons (Fsp3) is 0.500. The van der Waals surface area contributed by atoms with Gasteiger partial charge in [0.2, 0.25) is 5.91 Å². The van der Waals surface area contributed by atoms with E-state index in [-0.39, 0.29) is 17.0 Å². The maximum Gasteiger partial charge on any atom is 0.354 e. The number of aliphatic carboxylic acids is 1. The molecule has 7 heteroatoms. The standard InChI is InChI=1S/C8H9NO4S2/c1-2-15(13)8-6(7(11)12)9-4(10)3-5(9)14-8/h5H,2-3H2,1H3,(H,11,12)/t5-,15?/m1/s1. The third kappa shape index (κ3) is 1.50. The third-order valence-electron chi connectivity index (χ3n) is 2.25. The molecule has 1 saturated heterocycles. The summed E-state index contributed by atoms with van der Waals surface area (Å²) >= 11 is 1.24. The van der Waals surface area contributed by atoms with E-state index in [9.17, 15) is 13.8 Å². The van der Waals surface area contributed by atoms with E-state index in [1.165, 1.54) is 16.7 Å². The first-order valence-electron chi connectivity index (χ1n) is 4.41. The quantitative estimate of drug-likeness (QED) is 0.727. The second-order valence-electron chi connectivity index (χ2n) is 3.12. The summed E-state index contributed by atoms with van der Waals surface area (Å²) in [5.41, 5.74) is -0.0820. The maximum absolute atomic E-state index is 11.6. The van der Waals surface area contributed by atoms with Crippen molar-refractivity contribution in [2.24, 2.45) is 0 Å². The SMILES string of the molecule is CCS(=O)C1=C(C(=O)O)N2C(=O)C[C@H]2S1. The summed E-state index contributed by atoms with van der Waals surface area (Å²) in [5, 5.41) is 8.82. The Morgan fingerprint density at radius 3 is 2.87 bits per heavy atom. The number of carboxylic acid groups (broad SMARTS) is 1. The summed E-state index contributed by atoms with van der Waals surface area (Å²) in [6, 6.07) is 0. The summed E-state index contributed by atoms with van der Waals surface area (Å²) in [5.74, 6) is -1.00. The molecule has 0 aromatic carbocycles. The molecule has 2 rings (SSSR count). The van der Waals surface area contributed by atoms with E-state index in [1.54, 1.807) is 6.92 Å². The first-order valence-corrected chi connectivity index (χ1v) is 6.60. The van der Waals surface area contributed by atoms with Gasteiger partial charge in [0, 0.05) is 5.75 Å². The van der Waals surface area contributed by atoms with Crippen LogP contribution in [-0.4, -0.2) is 37.2 Å². The summed E-state index contributed by atoms with van der Waals surface area (Å²) in [4.78, 5) is 23.4. The summed E-state index contributed by atoms with van der Waals surface area (Å²) < 4.78 is 11.9. The van der Waals surface area contributed by atoms with Crippen LogP contribution in [0.5, 0.6) is 0 Å². The van der Waals surface area contributed by atoms with Gasteiger partial charge in [0.1, 0.15) is 4.24 Å². The Hall–Kier alpha value is -0.820. The molecule has 0 aliphatic carbocycles. The van der Waals surface area contributed by atoms with Crippen molar-refractivity contribution >= 4 is 34.4 Å². The number of thioether (sulfide) groups is 1. The van der Waals surface area contributed by atoms with Gasteiger partial charge in [-0.15, -0.1) is 0 Å². The number of nitrogens with zero attached hydrogens (tertiary/aromatic N) is 1. The zero-order chi connectivity index (χ0) is 11.2. The molecule has 2 aliphatic rings. The molecule has 2 aliphatic heterocycles. The highest BCUT2D eigenvalue weighted by Gasteiger charge is 2.49.